The van der Waals surface area contributed by atoms with Crippen LogP contribution in [0.2, 0.25) is 5.02 Å². The second kappa shape index (κ2) is 7.60. The van der Waals surface area contributed by atoms with E-state index in [1.807, 2.05) is 0 Å². The summed E-state index contributed by atoms with van der Waals surface area (Å²) in [5.41, 5.74) is -0.177. The molecule has 0 atom stereocenters. The van der Waals surface area contributed by atoms with Gasteiger partial charge in [0, 0.05) is 10.6 Å². The standard InChI is InChI=1S/C15H21ClFNO2/c1-15(2,14(19)20)8-10-18-9-4-5-11-12(16)6-3-7-13(11)17/h3,6-7,18H,4-5,8-10H2,1-2H3,(H,19,20). The average Bonchev–Trinajstić information content (AvgIpc) is 2.36. The molecule has 0 aromatic heterocycles. The highest BCUT2D eigenvalue weighted by molar-refractivity contribution is 6.31. The van der Waals surface area contributed by atoms with Gasteiger partial charge in [-0.1, -0.05) is 17.7 Å². The molecule has 3 nitrogen and oxygen atoms in total. The first-order valence-electron chi connectivity index (χ1n) is 6.71. The van der Waals surface area contributed by atoms with Gasteiger partial charge in [0.25, 0.3) is 0 Å². The van der Waals surface area contributed by atoms with Crippen molar-refractivity contribution in [2.24, 2.45) is 5.41 Å². The van der Waals surface area contributed by atoms with Gasteiger partial charge in [0.1, 0.15) is 5.82 Å². The summed E-state index contributed by atoms with van der Waals surface area (Å²) in [5, 5.41) is 12.6. The molecule has 0 saturated carbocycles. The second-order valence-corrected chi connectivity index (χ2v) is 5.90. The summed E-state index contributed by atoms with van der Waals surface area (Å²) in [7, 11) is 0. The summed E-state index contributed by atoms with van der Waals surface area (Å²) in [5.74, 6) is -1.07. The topological polar surface area (TPSA) is 49.3 Å². The Balaban J connectivity index is 2.25. The zero-order valence-electron chi connectivity index (χ0n) is 11.9. The van der Waals surface area contributed by atoms with E-state index in [0.29, 0.717) is 36.5 Å². The minimum Gasteiger partial charge on any atom is -0.481 e. The lowest BCUT2D eigenvalue weighted by Gasteiger charge is -2.18. The monoisotopic (exact) mass is 301 g/mol. The number of carboxylic acids is 1. The molecule has 1 aromatic carbocycles. The molecule has 112 valence electrons. The summed E-state index contributed by atoms with van der Waals surface area (Å²) in [6.07, 6.45) is 1.89. The lowest BCUT2D eigenvalue weighted by Crippen LogP contribution is -2.29. The van der Waals surface area contributed by atoms with Crippen LogP contribution in [0.25, 0.3) is 0 Å². The van der Waals surface area contributed by atoms with Crippen molar-refractivity contribution in [1.82, 2.24) is 5.32 Å². The number of hydrogen-bond acceptors (Lipinski definition) is 2. The number of rotatable bonds is 8. The minimum atomic E-state index is -0.794. The van der Waals surface area contributed by atoms with Gasteiger partial charge >= 0.3 is 5.97 Å². The average molecular weight is 302 g/mol. The third-order valence-electron chi connectivity index (χ3n) is 3.35. The fraction of sp³-hybridized carbons (Fsp3) is 0.533. The van der Waals surface area contributed by atoms with Gasteiger partial charge < -0.3 is 10.4 Å². The quantitative estimate of drug-likeness (QED) is 0.723. The van der Waals surface area contributed by atoms with E-state index >= 15 is 0 Å². The third-order valence-corrected chi connectivity index (χ3v) is 3.70. The largest absolute Gasteiger partial charge is 0.481 e. The Morgan fingerprint density at radius 1 is 1.40 bits per heavy atom. The Morgan fingerprint density at radius 3 is 2.70 bits per heavy atom. The van der Waals surface area contributed by atoms with Crippen molar-refractivity contribution < 1.29 is 14.3 Å². The highest BCUT2D eigenvalue weighted by Gasteiger charge is 2.25. The molecule has 0 bridgehead atoms. The van der Waals surface area contributed by atoms with Gasteiger partial charge in [-0.05, 0) is 58.3 Å². The molecule has 0 aliphatic carbocycles. The molecule has 0 amide bonds. The molecule has 1 aromatic rings. The van der Waals surface area contributed by atoms with Gasteiger partial charge in [-0.15, -0.1) is 0 Å². The van der Waals surface area contributed by atoms with E-state index < -0.39 is 11.4 Å². The van der Waals surface area contributed by atoms with Crippen LogP contribution in [0.4, 0.5) is 4.39 Å². The summed E-state index contributed by atoms with van der Waals surface area (Å²) in [6, 6.07) is 4.68. The van der Waals surface area contributed by atoms with Crippen molar-refractivity contribution in [1.29, 1.82) is 0 Å². The maximum absolute atomic E-state index is 13.5. The molecule has 0 fully saturated rings. The van der Waals surface area contributed by atoms with Crippen LogP contribution in [0.3, 0.4) is 0 Å². The molecule has 2 N–H and O–H groups in total. The van der Waals surface area contributed by atoms with E-state index in [1.165, 1.54) is 6.07 Å². The highest BCUT2D eigenvalue weighted by Crippen LogP contribution is 2.21. The van der Waals surface area contributed by atoms with Crippen LogP contribution in [0.1, 0.15) is 32.3 Å². The number of carboxylic acid groups (broad SMARTS) is 1. The molecule has 1 rings (SSSR count). The molecular formula is C15H21ClFNO2. The number of benzene rings is 1. The first-order chi connectivity index (χ1) is 9.34. The molecule has 0 spiro atoms. The fourth-order valence-electron chi connectivity index (χ4n) is 1.79. The first-order valence-corrected chi connectivity index (χ1v) is 7.09. The van der Waals surface area contributed by atoms with Crippen LogP contribution in [-0.4, -0.2) is 24.2 Å². The lowest BCUT2D eigenvalue weighted by atomic mass is 9.90. The Bertz CT molecular complexity index is 443. The van der Waals surface area contributed by atoms with Crippen LogP contribution in [0.5, 0.6) is 0 Å². The molecular weight excluding hydrogens is 281 g/mol. The van der Waals surface area contributed by atoms with Crippen LogP contribution >= 0.6 is 11.6 Å². The van der Waals surface area contributed by atoms with Gasteiger partial charge in [-0.25, -0.2) is 4.39 Å². The molecule has 20 heavy (non-hydrogen) atoms. The zero-order valence-corrected chi connectivity index (χ0v) is 12.6. The highest BCUT2D eigenvalue weighted by atomic mass is 35.5. The van der Waals surface area contributed by atoms with E-state index in [4.69, 9.17) is 16.7 Å². The Morgan fingerprint density at radius 2 is 2.10 bits per heavy atom. The molecule has 0 aliphatic heterocycles. The number of hydrogen-bond donors (Lipinski definition) is 2. The van der Waals surface area contributed by atoms with Crippen molar-refractivity contribution in [3.05, 3.63) is 34.6 Å². The molecule has 0 unspecified atom stereocenters. The van der Waals surface area contributed by atoms with Gasteiger partial charge in [0.2, 0.25) is 0 Å². The SMILES string of the molecule is CC(C)(CCNCCCc1c(F)cccc1Cl)C(=O)O. The maximum Gasteiger partial charge on any atom is 0.309 e. The second-order valence-electron chi connectivity index (χ2n) is 5.49. The number of nitrogens with one attached hydrogen (secondary N) is 1. The fourth-order valence-corrected chi connectivity index (χ4v) is 2.05. The number of halogens is 2. The van der Waals surface area contributed by atoms with E-state index in [-0.39, 0.29) is 5.82 Å². The lowest BCUT2D eigenvalue weighted by molar-refractivity contribution is -0.147. The summed E-state index contributed by atoms with van der Waals surface area (Å²) >= 11 is 5.94. The van der Waals surface area contributed by atoms with Crippen molar-refractivity contribution in [2.75, 3.05) is 13.1 Å². The van der Waals surface area contributed by atoms with Crippen molar-refractivity contribution in [2.45, 2.75) is 33.1 Å². The molecule has 0 radical (unpaired) electrons. The smallest absolute Gasteiger partial charge is 0.309 e. The predicted octanol–water partition coefficient (Wildman–Crippen LogP) is 3.50. The molecule has 0 saturated heterocycles. The molecule has 0 aliphatic rings. The zero-order chi connectivity index (χ0) is 15.2. The molecule has 5 heteroatoms. The van der Waals surface area contributed by atoms with Crippen LogP contribution in [0, 0.1) is 11.2 Å². The Labute approximate surface area is 124 Å². The maximum atomic E-state index is 13.5. The predicted molar refractivity (Wildman–Crippen MR) is 78.6 cm³/mol. The minimum absolute atomic E-state index is 0.274. The molecule has 0 heterocycles. The van der Waals surface area contributed by atoms with Gasteiger partial charge in [-0.3, -0.25) is 4.79 Å². The van der Waals surface area contributed by atoms with Gasteiger partial charge in [0.05, 0.1) is 5.41 Å². The van der Waals surface area contributed by atoms with Crippen molar-refractivity contribution in [3.8, 4) is 0 Å². The van der Waals surface area contributed by atoms with Crippen molar-refractivity contribution in [3.63, 3.8) is 0 Å². The van der Waals surface area contributed by atoms with E-state index in [1.54, 1.807) is 26.0 Å². The van der Waals surface area contributed by atoms with Crippen molar-refractivity contribution >= 4 is 17.6 Å². The van der Waals surface area contributed by atoms with Gasteiger partial charge in [0.15, 0.2) is 0 Å². The third kappa shape index (κ3) is 5.10. The Kier molecular flexibility index (Phi) is 6.43. The normalized spacial score (nSPS) is 11.6. The van der Waals surface area contributed by atoms with Crippen LogP contribution < -0.4 is 5.32 Å². The summed E-state index contributed by atoms with van der Waals surface area (Å²) < 4.78 is 13.5. The van der Waals surface area contributed by atoms with E-state index in [0.717, 1.165) is 6.42 Å². The number of carbonyl (C=O) groups is 1. The summed E-state index contributed by atoms with van der Waals surface area (Å²) in [4.78, 5) is 10.9. The van der Waals surface area contributed by atoms with Crippen LogP contribution in [0.15, 0.2) is 18.2 Å². The number of aliphatic carboxylic acids is 1. The van der Waals surface area contributed by atoms with Crippen LogP contribution in [-0.2, 0) is 11.2 Å². The van der Waals surface area contributed by atoms with Gasteiger partial charge in [-0.2, -0.15) is 0 Å². The Hall–Kier alpha value is -1.13. The van der Waals surface area contributed by atoms with E-state index in [2.05, 4.69) is 5.32 Å². The summed E-state index contributed by atoms with van der Waals surface area (Å²) in [6.45, 7) is 4.75. The van der Waals surface area contributed by atoms with E-state index in [9.17, 15) is 9.18 Å². The first kappa shape index (κ1) is 16.9.